The predicted molar refractivity (Wildman–Crippen MR) is 85.3 cm³/mol. The van der Waals surface area contributed by atoms with Crippen LogP contribution in [0.2, 0.25) is 0 Å². The highest BCUT2D eigenvalue weighted by molar-refractivity contribution is 5.65. The summed E-state index contributed by atoms with van der Waals surface area (Å²) in [7, 11) is 0. The van der Waals surface area contributed by atoms with Gasteiger partial charge in [-0.3, -0.25) is 0 Å². The highest BCUT2D eigenvalue weighted by atomic mass is 15.1. The standard InChI is InChI=1S/C19H18N2/c1-14-2-4-15(5-3-14)16-6-8-18-17(12-16)7-9-19(18)21-11-10-20-13-21/h2-6,8,10-13,19H,7,9H2,1H3. The van der Waals surface area contributed by atoms with E-state index in [1.807, 2.05) is 12.5 Å². The average Bonchev–Trinajstić information content (AvgIpc) is 3.16. The molecule has 2 aromatic carbocycles. The summed E-state index contributed by atoms with van der Waals surface area (Å²) in [5.41, 5.74) is 6.85. The van der Waals surface area contributed by atoms with Crippen LogP contribution in [0.3, 0.4) is 0 Å². The van der Waals surface area contributed by atoms with Gasteiger partial charge in [0.2, 0.25) is 0 Å². The van der Waals surface area contributed by atoms with E-state index in [9.17, 15) is 0 Å². The molecule has 1 unspecified atom stereocenters. The van der Waals surface area contributed by atoms with E-state index < -0.39 is 0 Å². The third-order valence-electron chi connectivity index (χ3n) is 4.46. The molecule has 4 rings (SSSR count). The molecule has 0 aliphatic heterocycles. The van der Waals surface area contributed by atoms with Crippen molar-refractivity contribution in [3.63, 3.8) is 0 Å². The second-order valence-electron chi connectivity index (χ2n) is 5.84. The Morgan fingerprint density at radius 2 is 1.86 bits per heavy atom. The first-order valence-electron chi connectivity index (χ1n) is 7.48. The van der Waals surface area contributed by atoms with Gasteiger partial charge in [0.15, 0.2) is 0 Å². The number of fused-ring (bicyclic) bond motifs is 1. The number of imidazole rings is 1. The quantitative estimate of drug-likeness (QED) is 0.677. The molecular formula is C19H18N2. The molecule has 1 aromatic heterocycles. The zero-order chi connectivity index (χ0) is 14.2. The first-order valence-corrected chi connectivity index (χ1v) is 7.48. The zero-order valence-corrected chi connectivity index (χ0v) is 12.2. The van der Waals surface area contributed by atoms with Crippen molar-refractivity contribution in [3.05, 3.63) is 77.9 Å². The van der Waals surface area contributed by atoms with Gasteiger partial charge in [-0.15, -0.1) is 0 Å². The summed E-state index contributed by atoms with van der Waals surface area (Å²) in [5.74, 6) is 0. The van der Waals surface area contributed by atoms with E-state index in [0.29, 0.717) is 6.04 Å². The molecule has 0 fully saturated rings. The van der Waals surface area contributed by atoms with Crippen molar-refractivity contribution in [2.24, 2.45) is 0 Å². The van der Waals surface area contributed by atoms with Crippen LogP contribution in [0.1, 0.15) is 29.2 Å². The number of hydrogen-bond acceptors (Lipinski definition) is 1. The van der Waals surface area contributed by atoms with E-state index in [0.717, 1.165) is 6.42 Å². The molecule has 0 saturated heterocycles. The van der Waals surface area contributed by atoms with Gasteiger partial charge in [0.25, 0.3) is 0 Å². The fourth-order valence-corrected chi connectivity index (χ4v) is 3.28. The summed E-state index contributed by atoms with van der Waals surface area (Å²) in [5, 5.41) is 0. The number of nitrogens with zero attached hydrogens (tertiary/aromatic N) is 2. The largest absolute Gasteiger partial charge is 0.330 e. The molecule has 1 atom stereocenters. The maximum absolute atomic E-state index is 4.18. The minimum atomic E-state index is 0.453. The molecule has 3 aromatic rings. The van der Waals surface area contributed by atoms with Crippen LogP contribution in [0.15, 0.2) is 61.2 Å². The Labute approximate surface area is 125 Å². The topological polar surface area (TPSA) is 17.8 Å². The maximum Gasteiger partial charge on any atom is 0.0951 e. The molecule has 1 aliphatic rings. The normalized spacial score (nSPS) is 16.9. The van der Waals surface area contributed by atoms with Crippen LogP contribution in [0.25, 0.3) is 11.1 Å². The highest BCUT2D eigenvalue weighted by Gasteiger charge is 2.23. The molecule has 21 heavy (non-hydrogen) atoms. The Kier molecular flexibility index (Phi) is 2.88. The second-order valence-corrected chi connectivity index (χ2v) is 5.84. The first kappa shape index (κ1) is 12.4. The fourth-order valence-electron chi connectivity index (χ4n) is 3.28. The smallest absolute Gasteiger partial charge is 0.0951 e. The molecule has 2 heteroatoms. The molecule has 2 nitrogen and oxygen atoms in total. The van der Waals surface area contributed by atoms with E-state index in [4.69, 9.17) is 0 Å². The lowest BCUT2D eigenvalue weighted by molar-refractivity contribution is 0.579. The molecule has 0 amide bonds. The van der Waals surface area contributed by atoms with E-state index in [2.05, 4.69) is 65.1 Å². The van der Waals surface area contributed by atoms with Crippen molar-refractivity contribution in [2.75, 3.05) is 0 Å². The van der Waals surface area contributed by atoms with E-state index in [1.165, 1.54) is 34.2 Å². The van der Waals surface area contributed by atoms with Gasteiger partial charge >= 0.3 is 0 Å². The Morgan fingerprint density at radius 1 is 1.05 bits per heavy atom. The van der Waals surface area contributed by atoms with E-state index in [-0.39, 0.29) is 0 Å². The van der Waals surface area contributed by atoms with Crippen molar-refractivity contribution in [2.45, 2.75) is 25.8 Å². The van der Waals surface area contributed by atoms with E-state index >= 15 is 0 Å². The van der Waals surface area contributed by atoms with Crippen LogP contribution >= 0.6 is 0 Å². The van der Waals surface area contributed by atoms with Crippen LogP contribution in [0, 0.1) is 6.92 Å². The summed E-state index contributed by atoms with van der Waals surface area (Å²) < 4.78 is 2.22. The molecule has 0 spiro atoms. The van der Waals surface area contributed by atoms with Crippen molar-refractivity contribution < 1.29 is 0 Å². The third-order valence-corrected chi connectivity index (χ3v) is 4.46. The van der Waals surface area contributed by atoms with Gasteiger partial charge in [-0.1, -0.05) is 48.0 Å². The second kappa shape index (κ2) is 4.88. The van der Waals surface area contributed by atoms with Crippen LogP contribution in [-0.4, -0.2) is 9.55 Å². The lowest BCUT2D eigenvalue weighted by Gasteiger charge is -2.13. The third kappa shape index (κ3) is 2.17. The summed E-state index contributed by atoms with van der Waals surface area (Å²) in [6, 6.07) is 16.1. The van der Waals surface area contributed by atoms with Crippen LogP contribution in [-0.2, 0) is 6.42 Å². The Balaban J connectivity index is 1.71. The average molecular weight is 274 g/mol. The van der Waals surface area contributed by atoms with Crippen LogP contribution < -0.4 is 0 Å². The maximum atomic E-state index is 4.18. The number of hydrogen-bond donors (Lipinski definition) is 0. The van der Waals surface area contributed by atoms with Gasteiger partial charge < -0.3 is 4.57 Å². The summed E-state index contributed by atoms with van der Waals surface area (Å²) >= 11 is 0. The minimum Gasteiger partial charge on any atom is -0.330 e. The minimum absolute atomic E-state index is 0.453. The van der Waals surface area contributed by atoms with Gasteiger partial charge in [0, 0.05) is 12.4 Å². The van der Waals surface area contributed by atoms with Crippen LogP contribution in [0.5, 0.6) is 0 Å². The summed E-state index contributed by atoms with van der Waals surface area (Å²) in [4.78, 5) is 4.18. The van der Waals surface area contributed by atoms with Crippen molar-refractivity contribution in [3.8, 4) is 11.1 Å². The molecule has 0 saturated carbocycles. The molecule has 1 aliphatic carbocycles. The van der Waals surface area contributed by atoms with Crippen molar-refractivity contribution in [1.29, 1.82) is 0 Å². The van der Waals surface area contributed by atoms with Gasteiger partial charge in [0.1, 0.15) is 0 Å². The summed E-state index contributed by atoms with van der Waals surface area (Å²) in [6.45, 7) is 2.13. The lowest BCUT2D eigenvalue weighted by Crippen LogP contribution is -2.04. The first-order chi connectivity index (χ1) is 10.3. The van der Waals surface area contributed by atoms with Gasteiger partial charge in [-0.05, 0) is 42.0 Å². The monoisotopic (exact) mass is 274 g/mol. The number of aromatic nitrogens is 2. The number of rotatable bonds is 2. The van der Waals surface area contributed by atoms with Crippen LogP contribution in [0.4, 0.5) is 0 Å². The molecule has 104 valence electrons. The highest BCUT2D eigenvalue weighted by Crippen LogP contribution is 2.36. The zero-order valence-electron chi connectivity index (χ0n) is 12.2. The Hall–Kier alpha value is -2.35. The summed E-state index contributed by atoms with van der Waals surface area (Å²) in [6.07, 6.45) is 8.17. The molecule has 1 heterocycles. The van der Waals surface area contributed by atoms with Gasteiger partial charge in [0.05, 0.1) is 12.4 Å². The number of aryl methyl sites for hydroxylation is 2. The predicted octanol–water partition coefficient (Wildman–Crippen LogP) is 4.39. The number of benzene rings is 2. The molecule has 0 N–H and O–H groups in total. The van der Waals surface area contributed by atoms with Crippen molar-refractivity contribution in [1.82, 2.24) is 9.55 Å². The molecule has 0 bridgehead atoms. The lowest BCUT2D eigenvalue weighted by atomic mass is 9.99. The fraction of sp³-hybridized carbons (Fsp3) is 0.211. The van der Waals surface area contributed by atoms with E-state index in [1.54, 1.807) is 0 Å². The van der Waals surface area contributed by atoms with Gasteiger partial charge in [-0.2, -0.15) is 0 Å². The van der Waals surface area contributed by atoms with Crippen molar-refractivity contribution >= 4 is 0 Å². The molecule has 0 radical (unpaired) electrons. The molecular weight excluding hydrogens is 256 g/mol. The SMILES string of the molecule is Cc1ccc(-c2ccc3c(c2)CCC3n2ccnc2)cc1. The van der Waals surface area contributed by atoms with Gasteiger partial charge in [-0.25, -0.2) is 4.98 Å². The Bertz CT molecular complexity index is 755. The Morgan fingerprint density at radius 3 is 2.62 bits per heavy atom.